The zero-order valence-electron chi connectivity index (χ0n) is 13.3. The van der Waals surface area contributed by atoms with Crippen LogP contribution in [0.15, 0.2) is 59.3 Å². The van der Waals surface area contributed by atoms with Crippen LogP contribution in [0.25, 0.3) is 11.5 Å². The number of halogens is 1. The number of rotatable bonds is 2. The van der Waals surface area contributed by atoms with E-state index in [1.54, 1.807) is 30.5 Å². The number of aliphatic carboxylic acids is 1. The van der Waals surface area contributed by atoms with Gasteiger partial charge in [0, 0.05) is 15.8 Å². The molecule has 2 aliphatic carbocycles. The van der Waals surface area contributed by atoms with E-state index >= 15 is 0 Å². The van der Waals surface area contributed by atoms with Crippen molar-refractivity contribution in [2.45, 2.75) is 12.2 Å². The smallest absolute Gasteiger partial charge is 0.316 e. The third-order valence-electron chi connectivity index (χ3n) is 3.18. The number of oxazole rings is 1. The van der Waals surface area contributed by atoms with E-state index in [0.29, 0.717) is 5.89 Å². The molecular formula is C18H16ClNO4S. The molecule has 5 nitrogen and oxygen atoms in total. The van der Waals surface area contributed by atoms with Gasteiger partial charge in [0.25, 0.3) is 0 Å². The van der Waals surface area contributed by atoms with E-state index in [1.807, 2.05) is 12.1 Å². The second-order valence-corrected chi connectivity index (χ2v) is 6.27. The lowest BCUT2D eigenvalue weighted by atomic mass is 10.1. The van der Waals surface area contributed by atoms with E-state index in [4.69, 9.17) is 26.2 Å². The number of carboxylic acids is 1. The fourth-order valence-electron chi connectivity index (χ4n) is 1.71. The summed E-state index contributed by atoms with van der Waals surface area (Å²) in [7, 11) is 0. The van der Waals surface area contributed by atoms with Gasteiger partial charge in [-0.1, -0.05) is 23.7 Å². The molecule has 0 radical (unpaired) electrons. The van der Waals surface area contributed by atoms with Crippen molar-refractivity contribution in [1.82, 2.24) is 4.98 Å². The molecule has 1 heterocycles. The Morgan fingerprint density at radius 3 is 2.16 bits per heavy atom. The molecule has 0 amide bonds. The van der Waals surface area contributed by atoms with Crippen LogP contribution < -0.4 is 0 Å². The van der Waals surface area contributed by atoms with E-state index in [1.165, 1.54) is 23.6 Å². The Hall–Kier alpha value is -2.44. The van der Waals surface area contributed by atoms with Crippen molar-refractivity contribution in [2.24, 2.45) is 0 Å². The molecule has 130 valence electrons. The van der Waals surface area contributed by atoms with Crippen LogP contribution in [0.3, 0.4) is 0 Å². The molecule has 2 N–H and O–H groups in total. The lowest BCUT2D eigenvalue weighted by molar-refractivity contribution is -0.136. The summed E-state index contributed by atoms with van der Waals surface area (Å²) in [6, 6.07) is 12.7. The highest BCUT2D eigenvalue weighted by atomic mass is 35.5. The van der Waals surface area contributed by atoms with Crippen LogP contribution in [0.2, 0.25) is 5.02 Å². The minimum absolute atomic E-state index is 0.241. The first kappa shape index (κ1) is 18.9. The Labute approximate surface area is 154 Å². The number of phenols is 1. The Balaban J connectivity index is 0.000000148. The van der Waals surface area contributed by atoms with Gasteiger partial charge in [-0.15, -0.1) is 0 Å². The number of phenolic OH excluding ortho intramolecular Hbond substituents is 1. The molecule has 1 aromatic heterocycles. The van der Waals surface area contributed by atoms with E-state index in [-0.39, 0.29) is 5.75 Å². The molecule has 1 aromatic carbocycles. The summed E-state index contributed by atoms with van der Waals surface area (Å²) in [4.78, 5) is 13.6. The second kappa shape index (κ2) is 8.60. The van der Waals surface area contributed by atoms with E-state index in [0.717, 1.165) is 10.6 Å². The van der Waals surface area contributed by atoms with Gasteiger partial charge in [0.1, 0.15) is 12.0 Å². The van der Waals surface area contributed by atoms with Gasteiger partial charge in [-0.05, 0) is 42.5 Å². The van der Waals surface area contributed by atoms with Gasteiger partial charge in [0.15, 0.2) is 0 Å². The number of carbonyl (C=O) groups is 1. The second-order valence-electron chi connectivity index (χ2n) is 5.09. The molecule has 25 heavy (non-hydrogen) atoms. The summed E-state index contributed by atoms with van der Waals surface area (Å²) in [5.41, 5.74) is 0.859. The summed E-state index contributed by atoms with van der Waals surface area (Å²) in [6.45, 7) is 1.51. The van der Waals surface area contributed by atoms with Crippen LogP contribution in [0, 0.1) is 10.4 Å². The highest BCUT2D eigenvalue weighted by Gasteiger charge is 2.01. The molecule has 0 saturated heterocycles. The lowest BCUT2D eigenvalue weighted by Crippen LogP contribution is -2.06. The molecule has 2 aliphatic rings. The quantitative estimate of drug-likeness (QED) is 0.451. The molecule has 0 aliphatic heterocycles. The largest absolute Gasteiger partial charge is 0.508 e. The Bertz CT molecular complexity index is 925. The van der Waals surface area contributed by atoms with Gasteiger partial charge in [-0.3, -0.25) is 4.79 Å². The van der Waals surface area contributed by atoms with Gasteiger partial charge in [-0.2, -0.15) is 12.6 Å². The van der Waals surface area contributed by atoms with Crippen LogP contribution in [0.1, 0.15) is 6.92 Å². The van der Waals surface area contributed by atoms with Crippen molar-refractivity contribution in [3.8, 4) is 17.2 Å². The number of carboxylic acid groups (broad SMARTS) is 1. The molecule has 2 aromatic rings. The standard InChI is InChI=1S/C9H7NO2.C6H3Cl.C3H6O2S/c11-8-3-1-7(2-4-8)9-10-5-6-12-9;7-6-3-4-1-2-5(4)6;1-2(6)3(4)5/h1-6,11H;1-3H;2,6H,1H3,(H,4,5). The number of aromatic hydroxyl groups is 1. The Kier molecular flexibility index (Phi) is 6.50. The van der Waals surface area contributed by atoms with Gasteiger partial charge >= 0.3 is 5.97 Å². The first-order valence-electron chi connectivity index (χ1n) is 7.28. The molecule has 0 saturated carbocycles. The number of benzene rings is 2. The average Bonchev–Trinajstić information content (AvgIpc) is 3.08. The summed E-state index contributed by atoms with van der Waals surface area (Å²) in [5.74, 6) is -0.0707. The highest BCUT2D eigenvalue weighted by molar-refractivity contribution is 7.81. The average molecular weight is 378 g/mol. The van der Waals surface area contributed by atoms with E-state index in [2.05, 4.69) is 23.7 Å². The molecule has 0 spiro atoms. The first-order chi connectivity index (χ1) is 11.9. The molecule has 7 heteroatoms. The first-order valence-corrected chi connectivity index (χ1v) is 8.17. The molecule has 1 atom stereocenters. The fraction of sp³-hybridized carbons (Fsp3) is 0.111. The number of aromatic nitrogens is 1. The predicted octanol–water partition coefficient (Wildman–Crippen LogP) is 4.38. The SMILES string of the molecule is CC(S)C(=O)O.Clc1cc2ccc1=2.Oc1ccc(-c2ncco2)cc1. The third kappa shape index (κ3) is 5.27. The lowest BCUT2D eigenvalue weighted by Gasteiger charge is -2.01. The van der Waals surface area contributed by atoms with Gasteiger partial charge < -0.3 is 14.6 Å². The number of nitrogens with zero attached hydrogens (tertiary/aromatic N) is 1. The van der Waals surface area contributed by atoms with Crippen LogP contribution >= 0.6 is 24.2 Å². The van der Waals surface area contributed by atoms with Crippen molar-refractivity contribution in [2.75, 3.05) is 0 Å². The zero-order chi connectivity index (χ0) is 18.4. The number of thiol groups is 1. The Morgan fingerprint density at radius 1 is 1.24 bits per heavy atom. The molecule has 4 rings (SSSR count). The summed E-state index contributed by atoms with van der Waals surface area (Å²) in [6.07, 6.45) is 3.10. The highest BCUT2D eigenvalue weighted by Crippen LogP contribution is 2.20. The van der Waals surface area contributed by atoms with Gasteiger partial charge in [0.05, 0.1) is 11.4 Å². The maximum Gasteiger partial charge on any atom is 0.316 e. The van der Waals surface area contributed by atoms with Crippen molar-refractivity contribution >= 4 is 30.2 Å². The predicted molar refractivity (Wildman–Crippen MR) is 98.8 cm³/mol. The monoisotopic (exact) mass is 377 g/mol. The normalized spacial score (nSPS) is 11.3. The van der Waals surface area contributed by atoms with Crippen molar-refractivity contribution in [3.63, 3.8) is 0 Å². The van der Waals surface area contributed by atoms with E-state index < -0.39 is 11.2 Å². The van der Waals surface area contributed by atoms with Crippen molar-refractivity contribution in [3.05, 3.63) is 70.4 Å². The van der Waals surface area contributed by atoms with Gasteiger partial charge in [-0.25, -0.2) is 4.98 Å². The van der Waals surface area contributed by atoms with E-state index in [9.17, 15) is 4.79 Å². The maximum atomic E-state index is 9.62. The molecule has 0 bridgehead atoms. The maximum absolute atomic E-state index is 9.62. The molecular weight excluding hydrogens is 362 g/mol. The number of hydrogen-bond donors (Lipinski definition) is 3. The van der Waals surface area contributed by atoms with Crippen molar-refractivity contribution < 1.29 is 19.4 Å². The zero-order valence-corrected chi connectivity index (χ0v) is 14.9. The third-order valence-corrected chi connectivity index (χ3v) is 3.72. The minimum Gasteiger partial charge on any atom is -0.508 e. The van der Waals surface area contributed by atoms with Gasteiger partial charge in [0.2, 0.25) is 5.89 Å². The van der Waals surface area contributed by atoms with Crippen LogP contribution in [0.4, 0.5) is 0 Å². The summed E-state index contributed by atoms with van der Waals surface area (Å²) >= 11 is 9.19. The van der Waals surface area contributed by atoms with Crippen LogP contribution in [-0.2, 0) is 4.79 Å². The van der Waals surface area contributed by atoms with Crippen molar-refractivity contribution in [1.29, 1.82) is 0 Å². The fourth-order valence-corrected chi connectivity index (χ4v) is 2.00. The topological polar surface area (TPSA) is 83.6 Å². The molecule has 0 fully saturated rings. The Morgan fingerprint density at radius 2 is 1.88 bits per heavy atom. The summed E-state index contributed by atoms with van der Waals surface area (Å²) < 4.78 is 5.07. The number of hydrogen-bond acceptors (Lipinski definition) is 5. The minimum atomic E-state index is -0.877. The van der Waals surface area contributed by atoms with Crippen LogP contribution in [0.5, 0.6) is 5.75 Å². The van der Waals surface area contributed by atoms with Crippen LogP contribution in [-0.4, -0.2) is 26.4 Å². The molecule has 1 unspecified atom stereocenters. The summed E-state index contributed by atoms with van der Waals surface area (Å²) in [5, 5.41) is 19.8.